The lowest BCUT2D eigenvalue weighted by molar-refractivity contribution is -0.128. The number of rotatable bonds is 9. The third-order valence-electron chi connectivity index (χ3n) is 8.48. The molecule has 0 spiro atoms. The highest BCUT2D eigenvalue weighted by atomic mass is 16.5. The van der Waals surface area contributed by atoms with E-state index in [1.54, 1.807) is 66.4 Å². The maximum Gasteiger partial charge on any atom is 0.248 e. The molecule has 3 amide bonds. The Bertz CT molecular complexity index is 1610. The third-order valence-corrected chi connectivity index (χ3v) is 8.48. The minimum atomic E-state index is -0.566. The molecular formula is C37H45N5O4. The van der Waals surface area contributed by atoms with Crippen LogP contribution in [0.5, 0.6) is 11.5 Å². The maximum absolute atomic E-state index is 13.0. The summed E-state index contributed by atoms with van der Waals surface area (Å²) >= 11 is 0. The molecule has 9 heteroatoms. The van der Waals surface area contributed by atoms with Gasteiger partial charge in [0.15, 0.2) is 0 Å². The molecule has 2 atom stereocenters. The lowest BCUT2D eigenvalue weighted by atomic mass is 9.76. The number of carbonyl (C=O) groups is 3. The number of nitrogens with two attached hydrogens (primary N) is 1. The average molecular weight is 624 g/mol. The number of allylic oxidation sites excluding steroid dienone is 8. The summed E-state index contributed by atoms with van der Waals surface area (Å²) in [7, 11) is 1.85. The summed E-state index contributed by atoms with van der Waals surface area (Å²) in [6.07, 6.45) is 16.7. The predicted molar refractivity (Wildman–Crippen MR) is 183 cm³/mol. The minimum Gasteiger partial charge on any atom is -0.457 e. The molecular weight excluding hydrogens is 578 g/mol. The maximum atomic E-state index is 13.0. The normalized spacial score (nSPS) is 20.1. The quantitative estimate of drug-likeness (QED) is 0.282. The fourth-order valence-corrected chi connectivity index (χ4v) is 5.68. The Morgan fingerprint density at radius 1 is 0.978 bits per heavy atom. The molecule has 2 aromatic carbocycles. The van der Waals surface area contributed by atoms with Crippen molar-refractivity contribution in [1.82, 2.24) is 9.80 Å². The number of nitrogens with one attached hydrogen (secondary N) is 2. The van der Waals surface area contributed by atoms with Crippen LogP contribution in [0, 0.1) is 28.1 Å². The Kier molecular flexibility index (Phi) is 10.9. The van der Waals surface area contributed by atoms with Crippen molar-refractivity contribution in [1.29, 1.82) is 10.8 Å². The lowest BCUT2D eigenvalue weighted by Crippen LogP contribution is -2.28. The van der Waals surface area contributed by atoms with E-state index in [1.807, 2.05) is 36.3 Å². The molecule has 242 valence electrons. The highest BCUT2D eigenvalue weighted by Gasteiger charge is 2.39. The smallest absolute Gasteiger partial charge is 0.248 e. The second-order valence-electron chi connectivity index (χ2n) is 12.5. The van der Waals surface area contributed by atoms with Gasteiger partial charge in [0.25, 0.3) is 0 Å². The van der Waals surface area contributed by atoms with Crippen molar-refractivity contribution >= 4 is 29.1 Å². The van der Waals surface area contributed by atoms with Crippen LogP contribution in [0.4, 0.5) is 0 Å². The van der Waals surface area contributed by atoms with Gasteiger partial charge in [-0.3, -0.25) is 14.4 Å². The van der Waals surface area contributed by atoms with Crippen molar-refractivity contribution in [2.45, 2.75) is 40.2 Å². The van der Waals surface area contributed by atoms with Crippen molar-refractivity contribution in [2.75, 3.05) is 20.1 Å². The highest BCUT2D eigenvalue weighted by molar-refractivity contribution is 6.09. The van der Waals surface area contributed by atoms with E-state index in [0.717, 1.165) is 18.5 Å². The Hall–Kier alpha value is -5.05. The van der Waals surface area contributed by atoms with E-state index in [4.69, 9.17) is 21.3 Å². The van der Waals surface area contributed by atoms with Gasteiger partial charge in [0.2, 0.25) is 17.7 Å². The van der Waals surface area contributed by atoms with Gasteiger partial charge in [-0.15, -0.1) is 0 Å². The van der Waals surface area contributed by atoms with E-state index in [-0.39, 0.29) is 30.3 Å². The third kappa shape index (κ3) is 8.78. The molecule has 0 bridgehead atoms. The van der Waals surface area contributed by atoms with Crippen LogP contribution in [0.15, 0.2) is 91.1 Å². The molecule has 2 saturated heterocycles. The number of ether oxygens (including phenoxy) is 1. The van der Waals surface area contributed by atoms with Crippen molar-refractivity contribution in [3.8, 4) is 11.5 Å². The molecule has 2 aliphatic heterocycles. The number of hydrogen-bond donors (Lipinski definition) is 3. The molecule has 0 radical (unpaired) electrons. The molecule has 9 nitrogen and oxygen atoms in total. The van der Waals surface area contributed by atoms with E-state index >= 15 is 0 Å². The Morgan fingerprint density at radius 3 is 2.17 bits per heavy atom. The van der Waals surface area contributed by atoms with Crippen molar-refractivity contribution in [3.05, 3.63) is 108 Å². The average Bonchev–Trinajstić information content (AvgIpc) is 3.43. The Balaban J connectivity index is 0.000000583. The molecule has 2 aromatic rings. The van der Waals surface area contributed by atoms with Gasteiger partial charge >= 0.3 is 0 Å². The predicted octanol–water partition coefficient (Wildman–Crippen LogP) is 6.31. The van der Waals surface area contributed by atoms with Crippen molar-refractivity contribution in [2.24, 2.45) is 23.0 Å². The minimum absolute atomic E-state index is 0. The molecule has 5 rings (SSSR count). The van der Waals surface area contributed by atoms with Crippen LogP contribution in [0.25, 0.3) is 0 Å². The summed E-state index contributed by atoms with van der Waals surface area (Å²) in [5, 5.41) is 15.6. The van der Waals surface area contributed by atoms with Crippen LogP contribution < -0.4 is 10.5 Å². The second kappa shape index (κ2) is 14.8. The summed E-state index contributed by atoms with van der Waals surface area (Å²) in [4.78, 5) is 39.2. The number of hydrogen-bond acceptors (Lipinski definition) is 6. The molecule has 0 aromatic heterocycles. The van der Waals surface area contributed by atoms with Crippen LogP contribution in [0.1, 0.15) is 56.5 Å². The van der Waals surface area contributed by atoms with E-state index in [0.29, 0.717) is 53.8 Å². The first-order valence-electron chi connectivity index (χ1n) is 15.4. The molecule has 1 aliphatic carbocycles. The summed E-state index contributed by atoms with van der Waals surface area (Å²) in [6.45, 7) is 7.80. The fourth-order valence-electron chi connectivity index (χ4n) is 5.68. The van der Waals surface area contributed by atoms with Gasteiger partial charge in [-0.25, -0.2) is 0 Å². The largest absolute Gasteiger partial charge is 0.457 e. The van der Waals surface area contributed by atoms with Gasteiger partial charge in [-0.2, -0.15) is 0 Å². The second-order valence-corrected chi connectivity index (χ2v) is 12.5. The summed E-state index contributed by atoms with van der Waals surface area (Å²) in [5.41, 5.74) is 7.72. The highest BCUT2D eigenvalue weighted by Crippen LogP contribution is 2.40. The topological polar surface area (TPSA) is 141 Å². The van der Waals surface area contributed by atoms with Crippen molar-refractivity contribution < 1.29 is 20.5 Å². The van der Waals surface area contributed by atoms with Gasteiger partial charge in [-0.05, 0) is 72.9 Å². The molecule has 2 heterocycles. The Morgan fingerprint density at radius 2 is 1.63 bits per heavy atom. The van der Waals surface area contributed by atoms with E-state index in [1.165, 1.54) is 0 Å². The Labute approximate surface area is 272 Å². The SMILES string of the molecule is CC(=N)/C=C\C(=N)c1ccc(Oc2cc(C(N)=O)ccc2CN2C[C@H](C3(C)C=CC=CC=C3)CC2=O)cc1.CC1CC(=O)N(C)C1.[HH]. The summed E-state index contributed by atoms with van der Waals surface area (Å²) in [5.74, 6) is 1.50. The number of carbonyl (C=O) groups excluding carboxylic acids is 3. The van der Waals surface area contributed by atoms with Gasteiger partial charge in [0.05, 0.1) is 5.71 Å². The van der Waals surface area contributed by atoms with Crippen LogP contribution in [0.3, 0.4) is 0 Å². The first kappa shape index (κ1) is 33.8. The summed E-state index contributed by atoms with van der Waals surface area (Å²) in [6, 6.07) is 12.0. The zero-order valence-corrected chi connectivity index (χ0v) is 27.0. The first-order chi connectivity index (χ1) is 21.8. The van der Waals surface area contributed by atoms with Crippen molar-refractivity contribution in [3.63, 3.8) is 0 Å². The number of likely N-dealkylation sites (tertiary alicyclic amines) is 2. The lowest BCUT2D eigenvalue weighted by Gasteiger charge is -2.29. The number of amides is 3. The molecule has 2 fully saturated rings. The molecule has 4 N–H and O–H groups in total. The van der Waals surface area contributed by atoms with E-state index in [9.17, 15) is 14.4 Å². The summed E-state index contributed by atoms with van der Waals surface area (Å²) < 4.78 is 6.16. The van der Waals surface area contributed by atoms with Crippen LogP contribution >= 0.6 is 0 Å². The zero-order chi connectivity index (χ0) is 33.4. The van der Waals surface area contributed by atoms with Gasteiger partial charge in [-0.1, -0.05) is 56.4 Å². The molecule has 3 aliphatic rings. The number of primary amides is 1. The molecule has 46 heavy (non-hydrogen) atoms. The zero-order valence-electron chi connectivity index (χ0n) is 27.0. The molecule has 1 unspecified atom stereocenters. The van der Waals surface area contributed by atoms with Crippen LogP contribution in [-0.2, 0) is 16.1 Å². The number of nitrogens with zero attached hydrogens (tertiary/aromatic N) is 2. The first-order valence-corrected chi connectivity index (χ1v) is 15.4. The van der Waals surface area contributed by atoms with Gasteiger partial charge in [0.1, 0.15) is 11.5 Å². The van der Waals surface area contributed by atoms with Gasteiger partial charge in [0, 0.05) is 63.2 Å². The monoisotopic (exact) mass is 623 g/mol. The number of benzene rings is 2. The van der Waals surface area contributed by atoms with E-state index in [2.05, 4.69) is 26.0 Å². The van der Waals surface area contributed by atoms with Crippen LogP contribution in [-0.4, -0.2) is 59.1 Å². The van der Waals surface area contributed by atoms with Crippen LogP contribution in [0.2, 0.25) is 0 Å². The standard InChI is InChI=1S/C31H32N4O3.C6H11NO.H2/c1-21(32)7-14-27(33)22-10-12-26(13-11-22)38-28-17-23(30(34)37)8-9-24(28)19-35-20-25(18-29(35)36)31(2)15-5-3-4-6-16-31;1-5-3-6(8)7(2)4-5;/h3-17,25,32-33H,18-20H2,1-2H3,(H2,34,37);5H,3-4H2,1-2H3;1H/b14-7-,32-21?,33-27?;;/t25-;;/m1../s1. The fraction of sp³-hybridized carbons (Fsp3) is 0.324. The van der Waals surface area contributed by atoms with Gasteiger partial charge < -0.3 is 31.1 Å². The molecule has 0 saturated carbocycles. The van der Waals surface area contributed by atoms with E-state index < -0.39 is 5.91 Å².